The monoisotopic (exact) mass is 338 g/mol. The Morgan fingerprint density at radius 3 is 2.65 bits per heavy atom. The van der Waals surface area contributed by atoms with Gasteiger partial charge in [0, 0.05) is 25.5 Å². The van der Waals surface area contributed by atoms with Crippen LogP contribution in [0.25, 0.3) is 0 Å². The van der Waals surface area contributed by atoms with E-state index < -0.39 is 0 Å². The van der Waals surface area contributed by atoms with Crippen molar-refractivity contribution < 1.29 is 4.74 Å². The zero-order valence-corrected chi connectivity index (χ0v) is 15.9. The van der Waals surface area contributed by atoms with Crippen molar-refractivity contribution in [2.45, 2.75) is 65.2 Å². The number of rotatable bonds is 4. The molecule has 2 rings (SSSR count). The van der Waals surface area contributed by atoms with Gasteiger partial charge in [0.1, 0.15) is 0 Å². The molecule has 0 atom stereocenters. The third-order valence-corrected chi connectivity index (χ3v) is 4.84. The van der Waals surface area contributed by atoms with Gasteiger partial charge in [-0.25, -0.2) is 4.98 Å². The number of ether oxygens (including phenoxy) is 1. The van der Waals surface area contributed by atoms with Gasteiger partial charge in [0.2, 0.25) is 0 Å². The average Bonchev–Trinajstić information content (AvgIpc) is 2.96. The highest BCUT2D eigenvalue weighted by molar-refractivity contribution is 7.09. The van der Waals surface area contributed by atoms with Crippen LogP contribution in [0.5, 0.6) is 0 Å². The van der Waals surface area contributed by atoms with E-state index in [1.165, 1.54) is 5.01 Å². The largest absolute Gasteiger partial charge is 0.372 e. The molecule has 0 saturated carbocycles. The van der Waals surface area contributed by atoms with Crippen molar-refractivity contribution in [1.29, 1.82) is 0 Å². The minimum absolute atomic E-state index is 0.0611. The second-order valence-electron chi connectivity index (χ2n) is 6.90. The van der Waals surface area contributed by atoms with Crippen molar-refractivity contribution in [3.63, 3.8) is 0 Å². The van der Waals surface area contributed by atoms with Gasteiger partial charge in [-0.3, -0.25) is 4.99 Å². The zero-order chi connectivity index (χ0) is 16.9. The summed E-state index contributed by atoms with van der Waals surface area (Å²) in [7, 11) is 1.85. The van der Waals surface area contributed by atoms with Gasteiger partial charge < -0.3 is 15.0 Å². The number of aryl methyl sites for hydroxylation is 1. The smallest absolute Gasteiger partial charge is 0.193 e. The Labute approximate surface area is 144 Å². The number of piperidine rings is 1. The van der Waals surface area contributed by atoms with Crippen molar-refractivity contribution in [2.75, 3.05) is 20.1 Å². The molecule has 0 spiro atoms. The molecule has 6 heteroatoms. The lowest BCUT2D eigenvalue weighted by atomic mass is 10.1. The van der Waals surface area contributed by atoms with Crippen LogP contribution in [0, 0.1) is 0 Å². The number of likely N-dealkylation sites (tertiary alicyclic amines) is 1. The highest BCUT2D eigenvalue weighted by atomic mass is 32.1. The third kappa shape index (κ3) is 5.77. The fourth-order valence-corrected chi connectivity index (χ4v) is 3.52. The lowest BCUT2D eigenvalue weighted by Gasteiger charge is -2.36. The highest BCUT2D eigenvalue weighted by Gasteiger charge is 2.25. The molecule has 0 unspecified atom stereocenters. The van der Waals surface area contributed by atoms with Crippen molar-refractivity contribution in [3.05, 3.63) is 16.1 Å². The van der Waals surface area contributed by atoms with E-state index in [4.69, 9.17) is 4.74 Å². The van der Waals surface area contributed by atoms with Crippen LogP contribution >= 0.6 is 11.3 Å². The Morgan fingerprint density at radius 1 is 1.43 bits per heavy atom. The summed E-state index contributed by atoms with van der Waals surface area (Å²) in [6.07, 6.45) is 3.46. The van der Waals surface area contributed by atoms with Crippen molar-refractivity contribution >= 4 is 17.3 Å². The van der Waals surface area contributed by atoms with Crippen LogP contribution in [0.15, 0.2) is 10.4 Å². The van der Waals surface area contributed by atoms with E-state index in [0.717, 1.165) is 50.6 Å². The predicted molar refractivity (Wildman–Crippen MR) is 97.1 cm³/mol. The Morgan fingerprint density at radius 2 is 2.13 bits per heavy atom. The van der Waals surface area contributed by atoms with Gasteiger partial charge in [0.05, 0.1) is 29.0 Å². The summed E-state index contributed by atoms with van der Waals surface area (Å²) in [4.78, 5) is 11.3. The number of thiazole rings is 1. The number of aliphatic imine (C=N–C) groups is 1. The topological polar surface area (TPSA) is 49.8 Å². The Hall–Kier alpha value is -1.14. The molecule has 5 nitrogen and oxygen atoms in total. The summed E-state index contributed by atoms with van der Waals surface area (Å²) in [5, 5.41) is 6.75. The van der Waals surface area contributed by atoms with E-state index in [-0.39, 0.29) is 5.60 Å². The summed E-state index contributed by atoms with van der Waals surface area (Å²) in [6, 6.07) is 0. The first-order chi connectivity index (χ1) is 10.9. The summed E-state index contributed by atoms with van der Waals surface area (Å²) in [6.45, 7) is 11.2. The van der Waals surface area contributed by atoms with E-state index in [1.54, 1.807) is 11.3 Å². The molecule has 1 aromatic heterocycles. The molecule has 23 heavy (non-hydrogen) atoms. The minimum atomic E-state index is -0.0611. The number of hydrogen-bond donors (Lipinski definition) is 1. The maximum Gasteiger partial charge on any atom is 0.193 e. The molecule has 0 radical (unpaired) electrons. The number of nitrogens with zero attached hydrogens (tertiary/aromatic N) is 3. The van der Waals surface area contributed by atoms with Crippen LogP contribution in [0.2, 0.25) is 0 Å². The Bertz CT molecular complexity index is 513. The molecule has 0 aromatic carbocycles. The van der Waals surface area contributed by atoms with Crippen LogP contribution < -0.4 is 5.32 Å². The van der Waals surface area contributed by atoms with Crippen LogP contribution in [0.3, 0.4) is 0 Å². The van der Waals surface area contributed by atoms with Gasteiger partial charge in [-0.15, -0.1) is 11.3 Å². The predicted octanol–water partition coefficient (Wildman–Crippen LogP) is 3.06. The molecule has 2 heterocycles. The van der Waals surface area contributed by atoms with E-state index in [9.17, 15) is 0 Å². The van der Waals surface area contributed by atoms with Crippen molar-refractivity contribution in [3.8, 4) is 0 Å². The summed E-state index contributed by atoms with van der Waals surface area (Å²) >= 11 is 1.73. The molecule has 1 fully saturated rings. The van der Waals surface area contributed by atoms with Gasteiger partial charge in [-0.2, -0.15) is 0 Å². The molecule has 1 N–H and O–H groups in total. The van der Waals surface area contributed by atoms with E-state index in [0.29, 0.717) is 6.10 Å². The van der Waals surface area contributed by atoms with Gasteiger partial charge in [-0.05, 0) is 40.0 Å². The van der Waals surface area contributed by atoms with Crippen LogP contribution in [0.4, 0.5) is 0 Å². The fraction of sp³-hybridized carbons (Fsp3) is 0.765. The average molecular weight is 339 g/mol. The van der Waals surface area contributed by atoms with Gasteiger partial charge >= 0.3 is 0 Å². The number of nitrogens with one attached hydrogen (secondary N) is 1. The van der Waals surface area contributed by atoms with Crippen molar-refractivity contribution in [1.82, 2.24) is 15.2 Å². The second kappa shape index (κ2) is 8.11. The number of guanidine groups is 1. The van der Waals surface area contributed by atoms with E-state index in [2.05, 4.69) is 53.3 Å². The summed E-state index contributed by atoms with van der Waals surface area (Å²) < 4.78 is 6.09. The lowest BCUT2D eigenvalue weighted by molar-refractivity contribution is -0.0772. The van der Waals surface area contributed by atoms with Crippen molar-refractivity contribution in [2.24, 2.45) is 4.99 Å². The van der Waals surface area contributed by atoms with Gasteiger partial charge in [-0.1, -0.05) is 6.92 Å². The normalized spacial score (nSPS) is 17.6. The standard InChI is InChI=1S/C17H30N4OS/c1-6-15-20-13(12-23-15)11-19-16(18-5)21-9-7-14(8-10-21)22-17(2,3)4/h12,14H,6-11H2,1-5H3,(H,18,19). The molecule has 1 saturated heterocycles. The summed E-state index contributed by atoms with van der Waals surface area (Å²) in [5.41, 5.74) is 1.04. The van der Waals surface area contributed by atoms with Crippen LogP contribution in [-0.2, 0) is 17.7 Å². The molecular weight excluding hydrogens is 308 g/mol. The quantitative estimate of drug-likeness (QED) is 0.677. The molecule has 0 aliphatic carbocycles. The molecule has 1 aromatic rings. The highest BCUT2D eigenvalue weighted by Crippen LogP contribution is 2.20. The molecule has 130 valence electrons. The summed E-state index contributed by atoms with van der Waals surface area (Å²) in [5.74, 6) is 0.963. The van der Waals surface area contributed by atoms with E-state index >= 15 is 0 Å². The molecule has 0 bridgehead atoms. The first kappa shape index (κ1) is 18.2. The third-order valence-electron chi connectivity index (χ3n) is 3.80. The number of hydrogen-bond acceptors (Lipinski definition) is 4. The fourth-order valence-electron chi connectivity index (χ4n) is 2.78. The zero-order valence-electron chi connectivity index (χ0n) is 15.1. The Kier molecular flexibility index (Phi) is 6.41. The molecular formula is C17H30N4OS. The molecule has 1 aliphatic rings. The maximum atomic E-state index is 6.09. The van der Waals surface area contributed by atoms with Crippen LogP contribution in [0.1, 0.15) is 51.2 Å². The van der Waals surface area contributed by atoms with Gasteiger partial charge in [0.15, 0.2) is 5.96 Å². The maximum absolute atomic E-state index is 6.09. The van der Waals surface area contributed by atoms with E-state index in [1.807, 2.05) is 7.05 Å². The molecule has 0 amide bonds. The number of aromatic nitrogens is 1. The first-order valence-electron chi connectivity index (χ1n) is 8.48. The van der Waals surface area contributed by atoms with Gasteiger partial charge in [0.25, 0.3) is 0 Å². The Balaban J connectivity index is 1.81. The first-order valence-corrected chi connectivity index (χ1v) is 9.36. The minimum Gasteiger partial charge on any atom is -0.372 e. The molecule has 1 aliphatic heterocycles. The van der Waals surface area contributed by atoms with Crippen LogP contribution in [-0.4, -0.2) is 47.7 Å². The SMILES string of the molecule is CCc1nc(CNC(=NC)N2CCC(OC(C)(C)C)CC2)cs1. The second-order valence-corrected chi connectivity index (χ2v) is 7.85. The lowest BCUT2D eigenvalue weighted by Crippen LogP contribution is -2.47.